The molecule has 1 aliphatic rings. The van der Waals surface area contributed by atoms with E-state index in [1.165, 1.54) is 0 Å². The van der Waals surface area contributed by atoms with Gasteiger partial charge in [-0.3, -0.25) is 10.1 Å². The molecular formula is C21H23ClN6O. The highest BCUT2D eigenvalue weighted by Crippen LogP contribution is 2.24. The third-order valence-electron chi connectivity index (χ3n) is 5.08. The molecule has 2 amide bonds. The molecule has 1 aromatic carbocycles. The number of anilines is 2. The minimum Gasteiger partial charge on any atom is -0.353 e. The number of carbonyl (C=O) groups excluding carboxylic acids is 1. The minimum atomic E-state index is -0.221. The summed E-state index contributed by atoms with van der Waals surface area (Å²) >= 11 is 6.03. The number of hydrogen-bond acceptors (Lipinski definition) is 4. The Labute approximate surface area is 174 Å². The van der Waals surface area contributed by atoms with Crippen molar-refractivity contribution in [3.05, 3.63) is 59.4 Å². The van der Waals surface area contributed by atoms with E-state index in [-0.39, 0.29) is 12.1 Å². The maximum absolute atomic E-state index is 12.5. The largest absolute Gasteiger partial charge is 0.353 e. The average Bonchev–Trinajstić information content (AvgIpc) is 3.22. The molecule has 29 heavy (non-hydrogen) atoms. The van der Waals surface area contributed by atoms with Crippen LogP contribution in [0.25, 0.3) is 11.3 Å². The van der Waals surface area contributed by atoms with Gasteiger partial charge in [-0.1, -0.05) is 17.7 Å². The van der Waals surface area contributed by atoms with Crippen LogP contribution in [0.2, 0.25) is 5.02 Å². The summed E-state index contributed by atoms with van der Waals surface area (Å²) in [5, 5.41) is 14.1. The summed E-state index contributed by atoms with van der Waals surface area (Å²) in [5.74, 6) is 0.884. The number of nitrogens with one attached hydrogen (secondary N) is 3. The van der Waals surface area contributed by atoms with Crippen molar-refractivity contribution in [2.75, 3.05) is 23.3 Å². The van der Waals surface area contributed by atoms with E-state index in [0.717, 1.165) is 47.7 Å². The Morgan fingerprint density at radius 3 is 2.90 bits per heavy atom. The van der Waals surface area contributed by atoms with E-state index in [2.05, 4.69) is 30.7 Å². The second-order valence-electron chi connectivity index (χ2n) is 7.22. The lowest BCUT2D eigenvalue weighted by molar-refractivity contribution is 0.246. The van der Waals surface area contributed by atoms with E-state index in [0.29, 0.717) is 11.6 Å². The molecule has 0 unspecified atom stereocenters. The summed E-state index contributed by atoms with van der Waals surface area (Å²) in [4.78, 5) is 18.7. The molecule has 4 rings (SSSR count). The fourth-order valence-corrected chi connectivity index (χ4v) is 3.70. The summed E-state index contributed by atoms with van der Waals surface area (Å²) < 4.78 is 0. The minimum absolute atomic E-state index is 0.0457. The Hall–Kier alpha value is -3.06. The van der Waals surface area contributed by atoms with Crippen molar-refractivity contribution in [2.24, 2.45) is 0 Å². The molecule has 1 aliphatic heterocycles. The van der Waals surface area contributed by atoms with Crippen molar-refractivity contribution in [1.29, 1.82) is 0 Å². The van der Waals surface area contributed by atoms with Gasteiger partial charge in [-0.15, -0.1) is 0 Å². The lowest BCUT2D eigenvalue weighted by atomic mass is 10.1. The number of benzene rings is 1. The Balaban J connectivity index is 1.38. The fraction of sp³-hybridized carbons (Fsp3) is 0.286. The number of aromatic amines is 1. The first-order valence-electron chi connectivity index (χ1n) is 9.63. The summed E-state index contributed by atoms with van der Waals surface area (Å²) in [6.07, 6.45) is 5.44. The van der Waals surface area contributed by atoms with Crippen LogP contribution in [0, 0.1) is 6.92 Å². The van der Waals surface area contributed by atoms with Gasteiger partial charge in [0.2, 0.25) is 0 Å². The molecule has 0 radical (unpaired) electrons. The number of piperidine rings is 1. The number of aryl methyl sites for hydroxylation is 1. The van der Waals surface area contributed by atoms with Crippen molar-refractivity contribution in [2.45, 2.75) is 25.8 Å². The second kappa shape index (κ2) is 8.53. The zero-order chi connectivity index (χ0) is 20.2. The van der Waals surface area contributed by atoms with Gasteiger partial charge >= 0.3 is 6.03 Å². The molecule has 0 spiro atoms. The summed E-state index contributed by atoms with van der Waals surface area (Å²) in [5.41, 5.74) is 3.68. The highest BCUT2D eigenvalue weighted by atomic mass is 35.5. The van der Waals surface area contributed by atoms with E-state index in [9.17, 15) is 4.79 Å². The van der Waals surface area contributed by atoms with E-state index in [1.54, 1.807) is 18.5 Å². The Morgan fingerprint density at radius 2 is 2.07 bits per heavy atom. The molecule has 3 N–H and O–H groups in total. The van der Waals surface area contributed by atoms with Crippen molar-refractivity contribution < 1.29 is 4.79 Å². The summed E-state index contributed by atoms with van der Waals surface area (Å²) in [6.45, 7) is 3.56. The quantitative estimate of drug-likeness (QED) is 0.601. The van der Waals surface area contributed by atoms with Crippen LogP contribution < -0.4 is 15.5 Å². The number of hydrogen-bond donors (Lipinski definition) is 3. The first-order valence-corrected chi connectivity index (χ1v) is 10.0. The number of nitrogens with zero attached hydrogens (tertiary/aromatic N) is 3. The molecule has 1 atom stereocenters. The van der Waals surface area contributed by atoms with Gasteiger partial charge < -0.3 is 15.5 Å². The number of urea groups is 1. The molecule has 1 saturated heterocycles. The lowest BCUT2D eigenvalue weighted by Gasteiger charge is -2.33. The van der Waals surface area contributed by atoms with Gasteiger partial charge in [0.15, 0.2) is 5.82 Å². The zero-order valence-corrected chi connectivity index (χ0v) is 16.9. The van der Waals surface area contributed by atoms with Gasteiger partial charge in [0.1, 0.15) is 0 Å². The molecular weight excluding hydrogens is 388 g/mol. The van der Waals surface area contributed by atoms with E-state index in [1.807, 2.05) is 37.3 Å². The Morgan fingerprint density at radius 1 is 1.24 bits per heavy atom. The Kier molecular flexibility index (Phi) is 5.67. The van der Waals surface area contributed by atoms with Crippen LogP contribution >= 0.6 is 11.6 Å². The van der Waals surface area contributed by atoms with E-state index < -0.39 is 0 Å². The Bertz CT molecular complexity index is 990. The number of carbonyl (C=O) groups is 1. The van der Waals surface area contributed by atoms with Crippen LogP contribution in [0.4, 0.5) is 16.3 Å². The van der Waals surface area contributed by atoms with Gasteiger partial charge in [-0.25, -0.2) is 4.79 Å². The molecule has 1 fully saturated rings. The highest BCUT2D eigenvalue weighted by molar-refractivity contribution is 6.31. The van der Waals surface area contributed by atoms with Crippen molar-refractivity contribution in [3.63, 3.8) is 0 Å². The summed E-state index contributed by atoms with van der Waals surface area (Å²) in [7, 11) is 0. The predicted molar refractivity (Wildman–Crippen MR) is 115 cm³/mol. The topological polar surface area (TPSA) is 85.9 Å². The standard InChI is InChI=1S/C21H23ClN6O/c1-14-4-5-16(22)11-18(14)25-21(29)24-17-3-2-10-28(13-17)20-12-19(26-27-20)15-6-8-23-9-7-15/h4-9,11-12,17H,2-3,10,13H2,1H3,(H,26,27)(H2,24,25,29)/t17-/m1/s1. The van der Waals surface area contributed by atoms with Crippen LogP contribution in [0.1, 0.15) is 18.4 Å². The van der Waals surface area contributed by atoms with Crippen LogP contribution in [0.15, 0.2) is 48.8 Å². The number of rotatable bonds is 4. The van der Waals surface area contributed by atoms with Gasteiger partial charge in [0.05, 0.1) is 5.69 Å². The smallest absolute Gasteiger partial charge is 0.319 e. The molecule has 7 nitrogen and oxygen atoms in total. The summed E-state index contributed by atoms with van der Waals surface area (Å²) in [6, 6.07) is 11.2. The third kappa shape index (κ3) is 4.68. The molecule has 0 bridgehead atoms. The number of amides is 2. The molecule has 2 aromatic heterocycles. The normalized spacial score (nSPS) is 16.5. The molecule has 3 heterocycles. The highest BCUT2D eigenvalue weighted by Gasteiger charge is 2.23. The van der Waals surface area contributed by atoms with E-state index in [4.69, 9.17) is 11.6 Å². The zero-order valence-electron chi connectivity index (χ0n) is 16.2. The number of pyridine rings is 1. The van der Waals surface area contributed by atoms with Gasteiger partial charge in [-0.05, 0) is 49.6 Å². The maximum atomic E-state index is 12.5. The van der Waals surface area contributed by atoms with Crippen LogP contribution in [-0.4, -0.2) is 40.3 Å². The third-order valence-corrected chi connectivity index (χ3v) is 5.32. The van der Waals surface area contributed by atoms with Gasteiger partial charge in [0.25, 0.3) is 0 Å². The molecule has 0 saturated carbocycles. The number of aromatic nitrogens is 3. The van der Waals surface area contributed by atoms with Crippen molar-refractivity contribution in [3.8, 4) is 11.3 Å². The van der Waals surface area contributed by atoms with Crippen LogP contribution in [-0.2, 0) is 0 Å². The van der Waals surface area contributed by atoms with Crippen LogP contribution in [0.3, 0.4) is 0 Å². The SMILES string of the molecule is Cc1ccc(Cl)cc1NC(=O)N[C@@H]1CCCN(c2cc(-c3ccncc3)[nH]n2)C1. The predicted octanol–water partition coefficient (Wildman–Crippen LogP) is 4.22. The van der Waals surface area contributed by atoms with E-state index >= 15 is 0 Å². The average molecular weight is 411 g/mol. The lowest BCUT2D eigenvalue weighted by Crippen LogP contribution is -2.49. The molecule has 150 valence electrons. The molecule has 3 aromatic rings. The first kappa shape index (κ1) is 19.3. The van der Waals surface area contributed by atoms with Gasteiger partial charge in [-0.2, -0.15) is 5.10 Å². The monoisotopic (exact) mass is 410 g/mol. The maximum Gasteiger partial charge on any atom is 0.319 e. The number of H-pyrrole nitrogens is 1. The van der Waals surface area contributed by atoms with Crippen LogP contribution in [0.5, 0.6) is 0 Å². The molecule has 8 heteroatoms. The first-order chi connectivity index (χ1) is 14.1. The van der Waals surface area contributed by atoms with Crippen molar-refractivity contribution >= 4 is 29.1 Å². The van der Waals surface area contributed by atoms with Crippen molar-refractivity contribution in [1.82, 2.24) is 20.5 Å². The number of halogens is 1. The second-order valence-corrected chi connectivity index (χ2v) is 7.66. The van der Waals surface area contributed by atoms with Gasteiger partial charge in [0, 0.05) is 53.9 Å². The molecule has 0 aliphatic carbocycles. The fourth-order valence-electron chi connectivity index (χ4n) is 3.53.